The minimum atomic E-state index is -0.620. The second kappa shape index (κ2) is 10.2. The van der Waals surface area contributed by atoms with E-state index in [1.807, 2.05) is 19.1 Å². The molecule has 178 valence electrons. The van der Waals surface area contributed by atoms with Gasteiger partial charge in [-0.3, -0.25) is 14.4 Å². The highest BCUT2D eigenvalue weighted by atomic mass is 35.5. The van der Waals surface area contributed by atoms with E-state index in [1.165, 1.54) is 7.11 Å². The Morgan fingerprint density at radius 1 is 0.971 bits per heavy atom. The first-order valence-corrected chi connectivity index (χ1v) is 11.5. The Morgan fingerprint density at radius 3 is 2.40 bits per heavy atom. The van der Waals surface area contributed by atoms with Crippen molar-refractivity contribution >= 4 is 58.0 Å². The van der Waals surface area contributed by atoms with Crippen LogP contribution in [0.3, 0.4) is 0 Å². The monoisotopic (exact) mass is 509 g/mol. The molecule has 3 aromatic carbocycles. The van der Waals surface area contributed by atoms with Crippen LogP contribution >= 0.6 is 23.2 Å². The van der Waals surface area contributed by atoms with Gasteiger partial charge in [-0.2, -0.15) is 0 Å². The molecule has 0 atom stereocenters. The summed E-state index contributed by atoms with van der Waals surface area (Å²) in [5.41, 5.74) is 2.57. The number of nitrogens with zero attached hydrogens (tertiary/aromatic N) is 1. The van der Waals surface area contributed by atoms with Crippen LogP contribution in [0.15, 0.2) is 77.5 Å². The standard InChI is InChI=1S/C26H21Cl2N3O4/c1-3-15-7-10-19(11-8-15)31-25(33)22(28)23(26(31)34)29-18-6-4-5-16(13-18)24(32)30-20-14-17(27)9-12-21(20)35-2/h4-14,29H,3H2,1-2H3,(H,30,32). The Balaban J connectivity index is 1.54. The second-order valence-corrected chi connectivity index (χ2v) is 8.47. The topological polar surface area (TPSA) is 87.7 Å². The third-order valence-corrected chi connectivity index (χ3v) is 6.02. The number of nitrogens with one attached hydrogen (secondary N) is 2. The van der Waals surface area contributed by atoms with Crippen LogP contribution in [0.25, 0.3) is 0 Å². The number of methoxy groups -OCH3 is 1. The number of carbonyl (C=O) groups is 3. The van der Waals surface area contributed by atoms with Crippen LogP contribution in [-0.2, 0) is 16.0 Å². The van der Waals surface area contributed by atoms with E-state index in [0.717, 1.165) is 16.9 Å². The van der Waals surface area contributed by atoms with Crippen LogP contribution in [-0.4, -0.2) is 24.8 Å². The maximum absolute atomic E-state index is 13.0. The van der Waals surface area contributed by atoms with Crippen LogP contribution in [0, 0.1) is 0 Å². The Hall–Kier alpha value is -3.81. The van der Waals surface area contributed by atoms with Crippen molar-refractivity contribution in [2.75, 3.05) is 22.6 Å². The Labute approximate surface area is 212 Å². The predicted molar refractivity (Wildman–Crippen MR) is 137 cm³/mol. The molecule has 1 aliphatic heterocycles. The van der Waals surface area contributed by atoms with Crippen molar-refractivity contribution in [3.05, 3.63) is 93.6 Å². The number of ether oxygens (including phenoxy) is 1. The molecule has 0 aliphatic carbocycles. The average Bonchev–Trinajstić information content (AvgIpc) is 3.07. The van der Waals surface area contributed by atoms with Gasteiger partial charge in [-0.25, -0.2) is 4.90 Å². The largest absolute Gasteiger partial charge is 0.495 e. The third-order valence-electron chi connectivity index (χ3n) is 5.43. The van der Waals surface area contributed by atoms with Crippen LogP contribution in [0.1, 0.15) is 22.8 Å². The van der Waals surface area contributed by atoms with E-state index in [2.05, 4.69) is 10.6 Å². The molecule has 1 heterocycles. The van der Waals surface area contributed by atoms with Gasteiger partial charge in [0.15, 0.2) is 0 Å². The summed E-state index contributed by atoms with van der Waals surface area (Å²) in [7, 11) is 1.49. The molecule has 0 fully saturated rings. The second-order valence-electron chi connectivity index (χ2n) is 7.66. The molecular weight excluding hydrogens is 489 g/mol. The zero-order valence-corrected chi connectivity index (χ0v) is 20.4. The van der Waals surface area contributed by atoms with Gasteiger partial charge in [-0.15, -0.1) is 0 Å². The van der Waals surface area contributed by atoms with Crippen molar-refractivity contribution < 1.29 is 19.1 Å². The molecule has 0 saturated carbocycles. The smallest absolute Gasteiger partial charge is 0.283 e. The van der Waals surface area contributed by atoms with Gasteiger partial charge >= 0.3 is 0 Å². The first-order chi connectivity index (χ1) is 16.8. The number of benzene rings is 3. The van der Waals surface area contributed by atoms with Crippen molar-refractivity contribution in [1.29, 1.82) is 0 Å². The normalized spacial score (nSPS) is 13.3. The average molecular weight is 510 g/mol. The summed E-state index contributed by atoms with van der Waals surface area (Å²) < 4.78 is 5.26. The molecule has 3 aromatic rings. The van der Waals surface area contributed by atoms with E-state index >= 15 is 0 Å². The minimum absolute atomic E-state index is 0.0645. The zero-order chi connectivity index (χ0) is 25.1. The molecule has 2 N–H and O–H groups in total. The Bertz CT molecular complexity index is 1350. The van der Waals surface area contributed by atoms with Gasteiger partial charge in [0.25, 0.3) is 17.7 Å². The first kappa shape index (κ1) is 24.3. The number of imide groups is 1. The van der Waals surface area contributed by atoms with Crippen molar-refractivity contribution in [3.63, 3.8) is 0 Å². The summed E-state index contributed by atoms with van der Waals surface area (Å²) in [5.74, 6) is -1.16. The van der Waals surface area contributed by atoms with Crippen LogP contribution < -0.4 is 20.3 Å². The lowest BCUT2D eigenvalue weighted by atomic mass is 10.1. The van der Waals surface area contributed by atoms with E-state index in [0.29, 0.717) is 33.4 Å². The fourth-order valence-electron chi connectivity index (χ4n) is 3.58. The van der Waals surface area contributed by atoms with E-state index < -0.39 is 17.7 Å². The maximum Gasteiger partial charge on any atom is 0.283 e. The number of aryl methyl sites for hydroxylation is 1. The summed E-state index contributed by atoms with van der Waals surface area (Å²) >= 11 is 12.3. The molecule has 7 nitrogen and oxygen atoms in total. The lowest BCUT2D eigenvalue weighted by Gasteiger charge is -2.15. The highest BCUT2D eigenvalue weighted by molar-refractivity contribution is 6.53. The van der Waals surface area contributed by atoms with Gasteiger partial charge in [-0.05, 0) is 60.5 Å². The Morgan fingerprint density at radius 2 is 1.71 bits per heavy atom. The Kier molecular flexibility index (Phi) is 7.10. The lowest BCUT2D eigenvalue weighted by molar-refractivity contribution is -0.120. The predicted octanol–water partition coefficient (Wildman–Crippen LogP) is 5.60. The van der Waals surface area contributed by atoms with Crippen molar-refractivity contribution in [2.24, 2.45) is 0 Å². The van der Waals surface area contributed by atoms with E-state index in [9.17, 15) is 14.4 Å². The third kappa shape index (κ3) is 5.01. The van der Waals surface area contributed by atoms with Crippen LogP contribution in [0.4, 0.5) is 17.1 Å². The number of carbonyl (C=O) groups excluding carboxylic acids is 3. The molecule has 35 heavy (non-hydrogen) atoms. The zero-order valence-electron chi connectivity index (χ0n) is 18.9. The quantitative estimate of drug-likeness (QED) is 0.404. The number of anilines is 3. The van der Waals surface area contributed by atoms with Crippen molar-refractivity contribution in [3.8, 4) is 5.75 Å². The molecule has 0 unspecified atom stereocenters. The van der Waals surface area contributed by atoms with E-state index in [4.69, 9.17) is 27.9 Å². The fourth-order valence-corrected chi connectivity index (χ4v) is 3.97. The van der Waals surface area contributed by atoms with Gasteiger partial charge in [-0.1, -0.05) is 48.3 Å². The van der Waals surface area contributed by atoms with Crippen LogP contribution in [0.2, 0.25) is 5.02 Å². The fraction of sp³-hybridized carbons (Fsp3) is 0.115. The minimum Gasteiger partial charge on any atom is -0.495 e. The van der Waals surface area contributed by atoms with E-state index in [-0.39, 0.29) is 10.7 Å². The van der Waals surface area contributed by atoms with Gasteiger partial charge < -0.3 is 15.4 Å². The summed E-state index contributed by atoms with van der Waals surface area (Å²) in [5, 5.41) is 5.86. The molecular formula is C26H21Cl2N3O4. The summed E-state index contributed by atoms with van der Waals surface area (Å²) in [6, 6.07) is 18.4. The molecule has 0 aromatic heterocycles. The van der Waals surface area contributed by atoms with Gasteiger partial charge in [0.1, 0.15) is 16.5 Å². The molecule has 3 amide bonds. The molecule has 0 saturated heterocycles. The number of hydrogen-bond acceptors (Lipinski definition) is 5. The molecule has 0 spiro atoms. The lowest BCUT2D eigenvalue weighted by Crippen LogP contribution is -2.32. The summed E-state index contributed by atoms with van der Waals surface area (Å²) in [6.07, 6.45) is 0.835. The molecule has 0 radical (unpaired) electrons. The van der Waals surface area contributed by atoms with Crippen molar-refractivity contribution in [2.45, 2.75) is 13.3 Å². The summed E-state index contributed by atoms with van der Waals surface area (Å²) in [4.78, 5) is 39.6. The number of rotatable bonds is 7. The number of halogens is 2. The van der Waals surface area contributed by atoms with Gasteiger partial charge in [0.05, 0.1) is 18.5 Å². The molecule has 9 heteroatoms. The number of amides is 3. The molecule has 1 aliphatic rings. The number of hydrogen-bond donors (Lipinski definition) is 2. The summed E-state index contributed by atoms with van der Waals surface area (Å²) in [6.45, 7) is 2.02. The molecule has 0 bridgehead atoms. The van der Waals surface area contributed by atoms with Crippen LogP contribution in [0.5, 0.6) is 5.75 Å². The van der Waals surface area contributed by atoms with Gasteiger partial charge in [0.2, 0.25) is 0 Å². The molecule has 4 rings (SSSR count). The van der Waals surface area contributed by atoms with Gasteiger partial charge in [0, 0.05) is 16.3 Å². The highest BCUT2D eigenvalue weighted by Crippen LogP contribution is 2.31. The SMILES string of the molecule is CCc1ccc(N2C(=O)C(Cl)=C(Nc3cccc(C(=O)Nc4cc(Cl)ccc4OC)c3)C2=O)cc1. The van der Waals surface area contributed by atoms with Crippen molar-refractivity contribution in [1.82, 2.24) is 0 Å². The first-order valence-electron chi connectivity index (χ1n) is 10.7. The van der Waals surface area contributed by atoms with E-state index in [1.54, 1.807) is 54.6 Å². The highest BCUT2D eigenvalue weighted by Gasteiger charge is 2.39. The maximum atomic E-state index is 13.0.